The number of nitrogens with zero attached hydrogens (tertiary/aromatic N) is 6. The second-order valence-corrected chi connectivity index (χ2v) is 10.9. The fourth-order valence-electron chi connectivity index (χ4n) is 5.71. The number of anilines is 4. The SMILES string of the molecule is CC(C)N1CCOc2c(F)cc(-c3nc(Nc4ncc(N5CCC(N(C)C)CC5)c5[nH]ccc45)ncc3F)cc21. The Labute approximate surface area is 232 Å². The lowest BCUT2D eigenvalue weighted by atomic mass is 10.0. The van der Waals surface area contributed by atoms with Crippen LogP contribution in [-0.4, -0.2) is 77.3 Å². The average molecular weight is 549 g/mol. The number of halogens is 2. The minimum Gasteiger partial charge on any atom is -0.486 e. The zero-order valence-corrected chi connectivity index (χ0v) is 23.2. The van der Waals surface area contributed by atoms with Crippen LogP contribution in [0.15, 0.2) is 36.8 Å². The van der Waals surface area contributed by atoms with Crippen LogP contribution in [0.3, 0.4) is 0 Å². The molecule has 11 heteroatoms. The van der Waals surface area contributed by atoms with Gasteiger partial charge in [0.25, 0.3) is 0 Å². The standard InChI is InChI=1S/C29H34F2N8O/c1-17(2)39-11-12-40-27-21(30)13-18(14-23(27)39)25-22(31)15-34-29(35-25)36-28-20-5-8-32-26(20)24(16-33-28)38-9-6-19(7-10-38)37(3)4/h5,8,13-17,19,32H,6-7,9-12H2,1-4H3,(H,33,34,35,36). The van der Waals surface area contributed by atoms with Crippen molar-refractivity contribution in [3.63, 3.8) is 0 Å². The van der Waals surface area contributed by atoms with Gasteiger partial charge in [0, 0.05) is 42.3 Å². The quantitative estimate of drug-likeness (QED) is 0.341. The molecule has 0 bridgehead atoms. The van der Waals surface area contributed by atoms with Gasteiger partial charge in [0.1, 0.15) is 18.1 Å². The van der Waals surface area contributed by atoms with E-state index in [0.29, 0.717) is 36.3 Å². The normalized spacial score (nSPS) is 16.1. The Kier molecular flexibility index (Phi) is 6.91. The minimum atomic E-state index is -0.644. The monoisotopic (exact) mass is 548 g/mol. The zero-order valence-electron chi connectivity index (χ0n) is 23.2. The maximum atomic E-state index is 15.1. The van der Waals surface area contributed by atoms with Crippen molar-refractivity contribution >= 4 is 34.0 Å². The molecule has 9 nitrogen and oxygen atoms in total. The highest BCUT2D eigenvalue weighted by Crippen LogP contribution is 2.39. The molecule has 1 aromatic carbocycles. The zero-order chi connectivity index (χ0) is 28.0. The lowest BCUT2D eigenvalue weighted by Crippen LogP contribution is -2.42. The molecule has 4 aromatic rings. The molecule has 5 heterocycles. The van der Waals surface area contributed by atoms with Gasteiger partial charge in [0.15, 0.2) is 17.4 Å². The van der Waals surface area contributed by atoms with E-state index in [9.17, 15) is 0 Å². The molecule has 2 N–H and O–H groups in total. The van der Waals surface area contributed by atoms with Crippen molar-refractivity contribution in [2.45, 2.75) is 38.8 Å². The van der Waals surface area contributed by atoms with E-state index in [0.717, 1.165) is 48.7 Å². The van der Waals surface area contributed by atoms with Gasteiger partial charge in [-0.2, -0.15) is 0 Å². The third-order valence-corrected chi connectivity index (χ3v) is 7.89. The Balaban J connectivity index is 1.30. The van der Waals surface area contributed by atoms with Gasteiger partial charge in [-0.3, -0.25) is 0 Å². The molecule has 0 atom stereocenters. The second kappa shape index (κ2) is 10.5. The molecule has 40 heavy (non-hydrogen) atoms. The number of hydrogen-bond donors (Lipinski definition) is 2. The lowest BCUT2D eigenvalue weighted by molar-refractivity contribution is 0.250. The Morgan fingerprint density at radius 1 is 1.05 bits per heavy atom. The number of H-pyrrole nitrogens is 1. The van der Waals surface area contributed by atoms with Crippen molar-refractivity contribution in [2.75, 3.05) is 55.5 Å². The first-order valence-corrected chi connectivity index (χ1v) is 13.7. The van der Waals surface area contributed by atoms with E-state index < -0.39 is 11.6 Å². The minimum absolute atomic E-state index is 0.000764. The predicted octanol–water partition coefficient (Wildman–Crippen LogP) is 5.18. The van der Waals surface area contributed by atoms with Crippen LogP contribution < -0.4 is 19.9 Å². The summed E-state index contributed by atoms with van der Waals surface area (Å²) in [6.07, 6.45) is 7.00. The molecule has 3 aromatic heterocycles. The van der Waals surface area contributed by atoms with Gasteiger partial charge in [-0.25, -0.2) is 23.7 Å². The molecular weight excluding hydrogens is 514 g/mol. The van der Waals surface area contributed by atoms with Crippen LogP contribution in [-0.2, 0) is 0 Å². The topological polar surface area (TPSA) is 85.4 Å². The van der Waals surface area contributed by atoms with Crippen molar-refractivity contribution in [2.24, 2.45) is 0 Å². The number of nitrogens with one attached hydrogen (secondary N) is 2. The predicted molar refractivity (Wildman–Crippen MR) is 154 cm³/mol. The molecule has 0 saturated carbocycles. The molecule has 210 valence electrons. The summed E-state index contributed by atoms with van der Waals surface area (Å²) >= 11 is 0. The van der Waals surface area contributed by atoms with E-state index in [1.165, 1.54) is 6.07 Å². The van der Waals surface area contributed by atoms with E-state index >= 15 is 8.78 Å². The molecule has 0 unspecified atom stereocenters. The molecule has 0 aliphatic carbocycles. The summed E-state index contributed by atoms with van der Waals surface area (Å²) in [4.78, 5) is 23.3. The van der Waals surface area contributed by atoms with Gasteiger partial charge in [-0.05, 0) is 59.0 Å². The fourth-order valence-corrected chi connectivity index (χ4v) is 5.71. The van der Waals surface area contributed by atoms with Gasteiger partial charge in [0.2, 0.25) is 5.95 Å². The molecule has 6 rings (SSSR count). The number of benzene rings is 1. The third-order valence-electron chi connectivity index (χ3n) is 7.89. The highest BCUT2D eigenvalue weighted by atomic mass is 19.1. The lowest BCUT2D eigenvalue weighted by Gasteiger charge is -2.36. The van der Waals surface area contributed by atoms with Crippen molar-refractivity contribution in [1.29, 1.82) is 0 Å². The van der Waals surface area contributed by atoms with Gasteiger partial charge in [0.05, 0.1) is 35.8 Å². The Hall–Kier alpha value is -3.99. The maximum absolute atomic E-state index is 15.1. The van der Waals surface area contributed by atoms with Crippen LogP contribution in [0.1, 0.15) is 26.7 Å². The number of piperidine rings is 1. The van der Waals surface area contributed by atoms with Crippen LogP contribution in [0.4, 0.5) is 31.9 Å². The highest BCUT2D eigenvalue weighted by molar-refractivity contribution is 5.98. The van der Waals surface area contributed by atoms with Crippen LogP contribution in [0.5, 0.6) is 5.75 Å². The number of rotatable bonds is 6. The number of hydrogen-bond acceptors (Lipinski definition) is 8. The van der Waals surface area contributed by atoms with Crippen LogP contribution in [0, 0.1) is 11.6 Å². The van der Waals surface area contributed by atoms with E-state index in [1.54, 1.807) is 6.07 Å². The van der Waals surface area contributed by atoms with Gasteiger partial charge in [-0.1, -0.05) is 0 Å². The molecule has 1 fully saturated rings. The summed E-state index contributed by atoms with van der Waals surface area (Å²) in [5.74, 6) is -0.292. The molecular formula is C29H34F2N8O. The molecule has 2 aliphatic rings. The summed E-state index contributed by atoms with van der Waals surface area (Å²) < 4.78 is 35.7. The van der Waals surface area contributed by atoms with Gasteiger partial charge in [-0.15, -0.1) is 0 Å². The van der Waals surface area contributed by atoms with Crippen molar-refractivity contribution in [1.82, 2.24) is 24.8 Å². The van der Waals surface area contributed by atoms with Crippen molar-refractivity contribution in [3.05, 3.63) is 48.4 Å². The van der Waals surface area contributed by atoms with E-state index in [2.05, 4.69) is 49.1 Å². The number of fused-ring (bicyclic) bond motifs is 2. The first-order valence-electron chi connectivity index (χ1n) is 13.7. The van der Waals surface area contributed by atoms with Crippen molar-refractivity contribution < 1.29 is 13.5 Å². The molecule has 0 amide bonds. The number of aromatic amines is 1. The largest absolute Gasteiger partial charge is 0.486 e. The summed E-state index contributed by atoms with van der Waals surface area (Å²) in [7, 11) is 4.26. The smallest absolute Gasteiger partial charge is 0.229 e. The van der Waals surface area contributed by atoms with E-state index in [1.807, 2.05) is 37.2 Å². The van der Waals surface area contributed by atoms with Gasteiger partial charge >= 0.3 is 0 Å². The number of pyridine rings is 1. The summed E-state index contributed by atoms with van der Waals surface area (Å²) in [5.41, 5.74) is 2.91. The first kappa shape index (κ1) is 26.2. The molecule has 0 spiro atoms. The average Bonchev–Trinajstić information content (AvgIpc) is 3.44. The Morgan fingerprint density at radius 2 is 1.85 bits per heavy atom. The Morgan fingerprint density at radius 3 is 2.60 bits per heavy atom. The first-order chi connectivity index (χ1) is 19.3. The fraction of sp³-hybridized carbons (Fsp3) is 0.414. The van der Waals surface area contributed by atoms with Crippen LogP contribution >= 0.6 is 0 Å². The van der Waals surface area contributed by atoms with Crippen LogP contribution in [0.25, 0.3) is 22.2 Å². The van der Waals surface area contributed by atoms with Crippen molar-refractivity contribution in [3.8, 4) is 17.0 Å². The van der Waals surface area contributed by atoms with Gasteiger partial charge < -0.3 is 29.7 Å². The summed E-state index contributed by atoms with van der Waals surface area (Å²) in [5, 5.41) is 4.03. The summed E-state index contributed by atoms with van der Waals surface area (Å²) in [6, 6.07) is 5.64. The molecule has 1 saturated heterocycles. The van der Waals surface area contributed by atoms with Crippen LogP contribution in [0.2, 0.25) is 0 Å². The maximum Gasteiger partial charge on any atom is 0.229 e. The highest BCUT2D eigenvalue weighted by Gasteiger charge is 2.26. The third kappa shape index (κ3) is 4.78. The Bertz CT molecular complexity index is 1530. The second-order valence-electron chi connectivity index (χ2n) is 10.9. The molecule has 2 aliphatic heterocycles. The summed E-state index contributed by atoms with van der Waals surface area (Å²) in [6.45, 7) is 6.97. The molecule has 0 radical (unpaired) electrons. The number of ether oxygens (including phenoxy) is 1. The van der Waals surface area contributed by atoms with E-state index in [4.69, 9.17) is 4.74 Å². The number of aromatic nitrogens is 4. The van der Waals surface area contributed by atoms with E-state index in [-0.39, 0.29) is 23.4 Å².